The number of hydrogen-bond acceptors (Lipinski definition) is 8. The second-order valence-electron chi connectivity index (χ2n) is 11.4. The molecule has 0 bridgehead atoms. The Balaban J connectivity index is 1.59. The molecule has 1 aliphatic heterocycles. The van der Waals surface area contributed by atoms with Crippen molar-refractivity contribution in [3.8, 4) is 17.6 Å². The molecule has 8 nitrogen and oxygen atoms in total. The molecule has 0 radical (unpaired) electrons. The van der Waals surface area contributed by atoms with Crippen LogP contribution < -0.4 is 24.4 Å². The zero-order valence-corrected chi connectivity index (χ0v) is 29.4. The van der Waals surface area contributed by atoms with Gasteiger partial charge in [0.1, 0.15) is 6.61 Å². The average Bonchev–Trinajstić information content (AvgIpc) is 3.37. The van der Waals surface area contributed by atoms with Gasteiger partial charge in [-0.1, -0.05) is 74.9 Å². The molecule has 1 aliphatic rings. The first-order valence-corrected chi connectivity index (χ1v) is 17.1. The summed E-state index contributed by atoms with van der Waals surface area (Å²) >= 11 is 4.90. The van der Waals surface area contributed by atoms with Gasteiger partial charge in [0.05, 0.1) is 51.7 Å². The van der Waals surface area contributed by atoms with E-state index in [0.29, 0.717) is 54.5 Å². The lowest BCUT2D eigenvalue weighted by Crippen LogP contribution is -2.40. The van der Waals surface area contributed by atoms with Crippen molar-refractivity contribution in [2.75, 3.05) is 13.7 Å². The molecule has 242 valence electrons. The summed E-state index contributed by atoms with van der Waals surface area (Å²) in [6.45, 7) is 8.56. The second-order valence-corrected chi connectivity index (χ2v) is 13.2. The molecule has 1 aromatic heterocycles. The van der Waals surface area contributed by atoms with Gasteiger partial charge in [-0.25, -0.2) is 9.79 Å². The molecule has 3 aromatic carbocycles. The maximum atomic E-state index is 14.2. The van der Waals surface area contributed by atoms with Crippen molar-refractivity contribution in [3.63, 3.8) is 0 Å². The van der Waals surface area contributed by atoms with Crippen LogP contribution in [0.1, 0.15) is 80.3 Å². The van der Waals surface area contributed by atoms with Crippen LogP contribution in [0.4, 0.5) is 0 Å². The van der Waals surface area contributed by atoms with E-state index in [-0.39, 0.29) is 18.8 Å². The Hall–Kier alpha value is -4.46. The molecule has 1 atom stereocenters. The Labute approximate surface area is 286 Å². The third-order valence-electron chi connectivity index (χ3n) is 7.83. The summed E-state index contributed by atoms with van der Waals surface area (Å²) in [6.07, 6.45) is 3.16. The number of allylic oxidation sites excluding steroid dienone is 1. The first kappa shape index (κ1) is 33.9. The highest BCUT2D eigenvalue weighted by atomic mass is 79.9. The van der Waals surface area contributed by atoms with Gasteiger partial charge in [0.2, 0.25) is 0 Å². The van der Waals surface area contributed by atoms with Crippen LogP contribution in [-0.4, -0.2) is 24.3 Å². The minimum atomic E-state index is -0.672. The fraction of sp³-hybridized carbons (Fsp3) is 0.297. The highest BCUT2D eigenvalue weighted by Crippen LogP contribution is 2.38. The standard InChI is InChI=1S/C37H36BrN3O5S/c1-6-8-29-32(36(43)45-7-2)33(27-15-13-26(14-16-27)22(3)4)41-35(42)31(47-37(41)40-29)19-25-17-28(38)34(30(18-25)44-5)46-21-24-11-9-23(20-39)10-12-24/h9-19,22,33H,6-8,21H2,1-5H3/b31-19+/t33-/m0/s1. The molecule has 0 aliphatic carbocycles. The number of fused-ring (bicyclic) bond motifs is 1. The zero-order chi connectivity index (χ0) is 33.7. The van der Waals surface area contributed by atoms with Crippen LogP contribution in [0, 0.1) is 11.3 Å². The quantitative estimate of drug-likeness (QED) is 0.156. The molecule has 0 saturated carbocycles. The van der Waals surface area contributed by atoms with Gasteiger partial charge in [-0.05, 0) is 87.8 Å². The molecular formula is C37H36BrN3O5S. The number of carbonyl (C=O) groups excluding carboxylic acids is 1. The number of carbonyl (C=O) groups is 1. The Bertz CT molecular complexity index is 2040. The molecule has 0 unspecified atom stereocenters. The van der Waals surface area contributed by atoms with Crippen LogP contribution in [0.25, 0.3) is 6.08 Å². The van der Waals surface area contributed by atoms with Gasteiger partial charge in [-0.15, -0.1) is 0 Å². The molecule has 10 heteroatoms. The summed E-state index contributed by atoms with van der Waals surface area (Å²) in [7, 11) is 1.56. The highest BCUT2D eigenvalue weighted by Gasteiger charge is 2.34. The van der Waals surface area contributed by atoms with Crippen molar-refractivity contribution in [2.24, 2.45) is 4.99 Å². The second kappa shape index (κ2) is 15.0. The summed E-state index contributed by atoms with van der Waals surface area (Å²) in [4.78, 5) is 33.1. The maximum absolute atomic E-state index is 14.2. The van der Waals surface area contributed by atoms with Crippen LogP contribution in [0.15, 0.2) is 86.2 Å². The van der Waals surface area contributed by atoms with Gasteiger partial charge in [-0.2, -0.15) is 5.26 Å². The van der Waals surface area contributed by atoms with E-state index in [2.05, 4.69) is 35.8 Å². The van der Waals surface area contributed by atoms with E-state index in [9.17, 15) is 9.59 Å². The van der Waals surface area contributed by atoms with E-state index < -0.39 is 12.0 Å². The molecule has 0 N–H and O–H groups in total. The number of halogens is 1. The molecule has 5 rings (SSSR count). The fourth-order valence-corrected chi connectivity index (χ4v) is 7.04. The lowest BCUT2D eigenvalue weighted by atomic mass is 9.92. The number of aromatic nitrogens is 1. The fourth-order valence-electron chi connectivity index (χ4n) is 5.45. The predicted molar refractivity (Wildman–Crippen MR) is 186 cm³/mol. The number of rotatable bonds is 11. The van der Waals surface area contributed by atoms with Crippen molar-refractivity contribution < 1.29 is 19.0 Å². The summed E-state index contributed by atoms with van der Waals surface area (Å²) in [6, 6.07) is 20.4. The number of hydrogen-bond donors (Lipinski definition) is 0. The molecule has 0 saturated heterocycles. The number of methoxy groups -OCH3 is 1. The minimum Gasteiger partial charge on any atom is -0.493 e. The zero-order valence-electron chi connectivity index (χ0n) is 27.0. The summed E-state index contributed by atoms with van der Waals surface area (Å²) < 4.78 is 20.0. The van der Waals surface area contributed by atoms with Crippen LogP contribution in [0.2, 0.25) is 0 Å². The first-order valence-electron chi connectivity index (χ1n) is 15.5. The van der Waals surface area contributed by atoms with Gasteiger partial charge in [0.15, 0.2) is 16.3 Å². The van der Waals surface area contributed by atoms with Crippen molar-refractivity contribution in [1.29, 1.82) is 5.26 Å². The van der Waals surface area contributed by atoms with Crippen LogP contribution in [-0.2, 0) is 16.1 Å². The van der Waals surface area contributed by atoms with E-state index in [1.165, 1.54) is 16.9 Å². The van der Waals surface area contributed by atoms with E-state index in [0.717, 1.165) is 23.1 Å². The largest absolute Gasteiger partial charge is 0.493 e. The van der Waals surface area contributed by atoms with Gasteiger partial charge in [-0.3, -0.25) is 9.36 Å². The average molecular weight is 715 g/mol. The molecule has 4 aromatic rings. The summed E-state index contributed by atoms with van der Waals surface area (Å²) in [5.74, 6) is 0.886. The Morgan fingerprint density at radius 2 is 1.85 bits per heavy atom. The Morgan fingerprint density at radius 1 is 1.13 bits per heavy atom. The van der Waals surface area contributed by atoms with E-state index >= 15 is 0 Å². The normalized spacial score (nSPS) is 14.4. The molecule has 0 spiro atoms. The molecule has 0 amide bonds. The van der Waals surface area contributed by atoms with Gasteiger partial charge >= 0.3 is 5.97 Å². The molecule has 0 fully saturated rings. The minimum absolute atomic E-state index is 0.217. The topological polar surface area (TPSA) is 103 Å². The molecule has 2 heterocycles. The van der Waals surface area contributed by atoms with E-state index in [4.69, 9.17) is 24.5 Å². The lowest BCUT2D eigenvalue weighted by molar-refractivity contribution is -0.139. The predicted octanol–water partition coefficient (Wildman–Crippen LogP) is 6.92. The number of nitriles is 1. The SMILES string of the molecule is CCCC1=C(C(=O)OCC)[C@H](c2ccc(C(C)C)cc2)n2c(s/c(=C/c3cc(Br)c(OCc4ccc(C#N)cc4)c(OC)c3)c2=O)=N1. The van der Waals surface area contributed by atoms with E-state index in [1.807, 2.05) is 55.5 Å². The lowest BCUT2D eigenvalue weighted by Gasteiger charge is -2.26. The summed E-state index contributed by atoms with van der Waals surface area (Å²) in [5.41, 5.74) is 4.99. The van der Waals surface area contributed by atoms with Gasteiger partial charge in [0.25, 0.3) is 5.56 Å². The molecule has 47 heavy (non-hydrogen) atoms. The number of nitrogens with zero attached hydrogens (tertiary/aromatic N) is 3. The van der Waals surface area contributed by atoms with Crippen LogP contribution in [0.3, 0.4) is 0 Å². The number of benzene rings is 3. The van der Waals surface area contributed by atoms with Crippen LogP contribution in [0.5, 0.6) is 11.5 Å². The van der Waals surface area contributed by atoms with Crippen molar-refractivity contribution in [3.05, 3.63) is 124 Å². The van der Waals surface area contributed by atoms with Crippen molar-refractivity contribution in [1.82, 2.24) is 4.57 Å². The third kappa shape index (κ3) is 7.27. The molecular weight excluding hydrogens is 678 g/mol. The number of esters is 1. The number of thiazole rings is 1. The highest BCUT2D eigenvalue weighted by molar-refractivity contribution is 9.10. The van der Waals surface area contributed by atoms with Gasteiger partial charge in [0, 0.05) is 0 Å². The Morgan fingerprint density at radius 3 is 2.47 bits per heavy atom. The van der Waals surface area contributed by atoms with Gasteiger partial charge < -0.3 is 14.2 Å². The third-order valence-corrected chi connectivity index (χ3v) is 9.40. The van der Waals surface area contributed by atoms with Crippen molar-refractivity contribution in [2.45, 2.75) is 59.1 Å². The van der Waals surface area contributed by atoms with Crippen molar-refractivity contribution >= 4 is 39.3 Å². The maximum Gasteiger partial charge on any atom is 0.338 e. The Kier molecular flexibility index (Phi) is 10.8. The first-order chi connectivity index (χ1) is 22.7. The summed E-state index contributed by atoms with van der Waals surface area (Å²) in [5, 5.41) is 9.06. The monoisotopic (exact) mass is 713 g/mol. The van der Waals surface area contributed by atoms with E-state index in [1.54, 1.807) is 36.8 Å². The number of ether oxygens (including phenoxy) is 3. The van der Waals surface area contributed by atoms with Crippen LogP contribution >= 0.6 is 27.3 Å². The smallest absolute Gasteiger partial charge is 0.338 e.